The van der Waals surface area contributed by atoms with Crippen LogP contribution >= 0.6 is 11.6 Å². The van der Waals surface area contributed by atoms with Crippen LogP contribution in [-0.2, 0) is 12.7 Å². The summed E-state index contributed by atoms with van der Waals surface area (Å²) in [7, 11) is 0. The minimum absolute atomic E-state index is 0.0696. The Labute approximate surface area is 165 Å². The van der Waals surface area contributed by atoms with Crippen molar-refractivity contribution in [1.29, 1.82) is 0 Å². The Hall–Kier alpha value is -1.90. The maximum absolute atomic E-state index is 13.1. The first kappa shape index (κ1) is 19.4. The van der Waals surface area contributed by atoms with Crippen molar-refractivity contribution in [2.45, 2.75) is 31.6 Å². The van der Waals surface area contributed by atoms with Crippen molar-refractivity contribution in [2.24, 2.45) is 17.6 Å². The topological polar surface area (TPSA) is 81.1 Å². The van der Waals surface area contributed by atoms with Gasteiger partial charge in [-0.15, -0.1) is 0 Å². The van der Waals surface area contributed by atoms with E-state index in [2.05, 4.69) is 14.9 Å². The van der Waals surface area contributed by atoms with Gasteiger partial charge >= 0.3 is 6.18 Å². The number of nitrogens with zero attached hydrogens (tertiary/aromatic N) is 3. The van der Waals surface area contributed by atoms with Crippen molar-refractivity contribution < 1.29 is 13.2 Å². The predicted molar refractivity (Wildman–Crippen MR) is 101 cm³/mol. The molecule has 5 nitrogen and oxygen atoms in total. The molecule has 3 atom stereocenters. The average molecular weight is 412 g/mol. The highest BCUT2D eigenvalue weighted by Gasteiger charge is 2.39. The number of likely N-dealkylation sites (tertiary alicyclic amines) is 1. The Morgan fingerprint density at radius 1 is 1.18 bits per heavy atom. The van der Waals surface area contributed by atoms with Crippen LogP contribution in [-0.4, -0.2) is 34.0 Å². The zero-order chi connectivity index (χ0) is 20.1. The smallest absolute Gasteiger partial charge is 0.382 e. The van der Waals surface area contributed by atoms with Gasteiger partial charge in [0.15, 0.2) is 0 Å². The summed E-state index contributed by atoms with van der Waals surface area (Å²) in [6.07, 6.45) is -0.877. The number of benzene rings is 1. The lowest BCUT2D eigenvalue weighted by Gasteiger charge is -2.18. The van der Waals surface area contributed by atoms with Crippen LogP contribution in [0.15, 0.2) is 24.4 Å². The monoisotopic (exact) mass is 411 g/mol. The Morgan fingerprint density at radius 2 is 1.86 bits per heavy atom. The van der Waals surface area contributed by atoms with Gasteiger partial charge in [0.1, 0.15) is 11.5 Å². The molecule has 4 N–H and O–H groups in total. The van der Waals surface area contributed by atoms with Crippen molar-refractivity contribution in [3.05, 3.63) is 40.7 Å². The molecule has 1 saturated heterocycles. The normalized spacial score (nSPS) is 25.2. The number of rotatable bonds is 3. The molecule has 150 valence electrons. The van der Waals surface area contributed by atoms with Gasteiger partial charge in [0.05, 0.1) is 22.5 Å². The van der Waals surface area contributed by atoms with E-state index in [4.69, 9.17) is 23.1 Å². The highest BCUT2D eigenvalue weighted by Crippen LogP contribution is 2.40. The molecule has 28 heavy (non-hydrogen) atoms. The van der Waals surface area contributed by atoms with E-state index in [0.717, 1.165) is 32.0 Å². The van der Waals surface area contributed by atoms with E-state index in [1.54, 1.807) is 6.20 Å². The average Bonchev–Trinajstić information content (AvgIpc) is 3.11. The summed E-state index contributed by atoms with van der Waals surface area (Å²) in [6.45, 7) is 2.55. The van der Waals surface area contributed by atoms with Gasteiger partial charge in [0, 0.05) is 31.2 Å². The zero-order valence-corrected chi connectivity index (χ0v) is 15.8. The molecule has 1 aliphatic carbocycles. The number of alkyl halides is 3. The second-order valence-corrected chi connectivity index (χ2v) is 8.08. The van der Waals surface area contributed by atoms with E-state index in [-0.39, 0.29) is 17.1 Å². The summed E-state index contributed by atoms with van der Waals surface area (Å²) in [6, 6.07) is 3.99. The minimum Gasteiger partial charge on any atom is -0.382 e. The Kier molecular flexibility index (Phi) is 4.97. The van der Waals surface area contributed by atoms with Gasteiger partial charge in [0.2, 0.25) is 0 Å². The van der Waals surface area contributed by atoms with E-state index in [1.807, 2.05) is 0 Å². The van der Waals surface area contributed by atoms with Crippen LogP contribution in [0, 0.1) is 11.8 Å². The molecule has 2 aromatic rings. The zero-order valence-electron chi connectivity index (χ0n) is 15.1. The number of hydrogen-bond acceptors (Lipinski definition) is 5. The van der Waals surface area contributed by atoms with Crippen LogP contribution in [0.2, 0.25) is 5.02 Å². The third-order valence-corrected chi connectivity index (χ3v) is 6.06. The predicted octanol–water partition coefficient (Wildman–Crippen LogP) is 3.57. The third kappa shape index (κ3) is 3.68. The maximum atomic E-state index is 13.1. The molecule has 0 amide bonds. The molecule has 0 radical (unpaired) electrons. The molecule has 1 aliphatic heterocycles. The van der Waals surface area contributed by atoms with Crippen molar-refractivity contribution >= 4 is 17.4 Å². The molecule has 0 unspecified atom stereocenters. The Balaban J connectivity index is 1.53. The minimum atomic E-state index is -4.55. The van der Waals surface area contributed by atoms with Crippen LogP contribution in [0.4, 0.5) is 19.0 Å². The summed E-state index contributed by atoms with van der Waals surface area (Å²) < 4.78 is 39.3. The number of nitrogens with two attached hydrogens (primary N) is 2. The van der Waals surface area contributed by atoms with Crippen molar-refractivity contribution in [1.82, 2.24) is 14.9 Å². The van der Waals surface area contributed by atoms with Gasteiger partial charge in [-0.05, 0) is 30.7 Å². The second kappa shape index (κ2) is 7.17. The summed E-state index contributed by atoms with van der Waals surface area (Å²) in [5.41, 5.74) is 12.1. The molecule has 0 spiro atoms. The molecule has 0 bridgehead atoms. The van der Waals surface area contributed by atoms with Crippen LogP contribution in [0.25, 0.3) is 11.3 Å². The molecule has 2 fully saturated rings. The van der Waals surface area contributed by atoms with Crippen molar-refractivity contribution in [2.75, 3.05) is 18.8 Å². The van der Waals surface area contributed by atoms with E-state index in [9.17, 15) is 13.2 Å². The maximum Gasteiger partial charge on any atom is 0.417 e. The van der Waals surface area contributed by atoms with E-state index in [1.165, 1.54) is 12.1 Å². The lowest BCUT2D eigenvalue weighted by molar-refractivity contribution is -0.137. The number of fused-ring (bicyclic) bond motifs is 1. The number of aromatic nitrogens is 2. The standard InChI is InChI=1S/C19H21ClF3N5/c20-16-14(2-1-3-15(16)19(21,22)23)17-18(25)27-13(6-26-17)9-28-7-10-4-12(24)5-11(10)8-28/h1-3,6,10-12H,4-5,7-9,24H2,(H2,25,27)/t10-,11+,12+. The van der Waals surface area contributed by atoms with Gasteiger partial charge in [-0.1, -0.05) is 23.7 Å². The van der Waals surface area contributed by atoms with Gasteiger partial charge in [0.25, 0.3) is 0 Å². The van der Waals surface area contributed by atoms with Gasteiger partial charge in [-0.25, -0.2) is 4.98 Å². The number of anilines is 1. The van der Waals surface area contributed by atoms with E-state index in [0.29, 0.717) is 30.1 Å². The highest BCUT2D eigenvalue weighted by molar-refractivity contribution is 6.34. The van der Waals surface area contributed by atoms with Crippen LogP contribution in [0.5, 0.6) is 0 Å². The number of hydrogen-bond donors (Lipinski definition) is 2. The Morgan fingerprint density at radius 3 is 2.46 bits per heavy atom. The second-order valence-electron chi connectivity index (χ2n) is 7.71. The molecule has 1 saturated carbocycles. The van der Waals surface area contributed by atoms with Crippen LogP contribution in [0.3, 0.4) is 0 Å². The Bertz CT molecular complexity index is 874. The lowest BCUT2D eigenvalue weighted by atomic mass is 10.0. The first-order chi connectivity index (χ1) is 13.2. The summed E-state index contributed by atoms with van der Waals surface area (Å²) in [4.78, 5) is 10.9. The molecular weight excluding hydrogens is 391 g/mol. The number of halogens is 4. The SMILES string of the molecule is Nc1nc(CN2C[C@H]3C[C@H](N)C[C@H]3C2)cnc1-c1cccc(C(F)(F)F)c1Cl. The van der Waals surface area contributed by atoms with E-state index < -0.39 is 16.8 Å². The summed E-state index contributed by atoms with van der Waals surface area (Å²) in [5, 5.41) is -0.424. The molecule has 9 heteroatoms. The van der Waals surface area contributed by atoms with Crippen molar-refractivity contribution in [3.8, 4) is 11.3 Å². The number of nitrogen functional groups attached to an aromatic ring is 1. The fourth-order valence-electron chi connectivity index (χ4n) is 4.46. The fourth-order valence-corrected chi connectivity index (χ4v) is 4.78. The van der Waals surface area contributed by atoms with Gasteiger partial charge in [-0.2, -0.15) is 13.2 Å². The van der Waals surface area contributed by atoms with Crippen LogP contribution < -0.4 is 11.5 Å². The quantitative estimate of drug-likeness (QED) is 0.807. The molecule has 2 heterocycles. The first-order valence-electron chi connectivity index (χ1n) is 9.17. The molecule has 2 aliphatic rings. The highest BCUT2D eigenvalue weighted by atomic mass is 35.5. The van der Waals surface area contributed by atoms with Gasteiger partial charge in [-0.3, -0.25) is 9.88 Å². The lowest BCUT2D eigenvalue weighted by Crippen LogP contribution is -2.25. The third-order valence-electron chi connectivity index (χ3n) is 5.66. The van der Waals surface area contributed by atoms with Crippen molar-refractivity contribution in [3.63, 3.8) is 0 Å². The summed E-state index contributed by atoms with van der Waals surface area (Å²) in [5.74, 6) is 1.33. The molecular formula is C19H21ClF3N5. The van der Waals surface area contributed by atoms with E-state index >= 15 is 0 Å². The summed E-state index contributed by atoms with van der Waals surface area (Å²) >= 11 is 5.98. The first-order valence-corrected chi connectivity index (χ1v) is 9.55. The largest absolute Gasteiger partial charge is 0.417 e. The molecule has 4 rings (SSSR count). The fraction of sp³-hybridized carbons (Fsp3) is 0.474. The van der Waals surface area contributed by atoms with Crippen LogP contribution in [0.1, 0.15) is 24.1 Å². The van der Waals surface area contributed by atoms with Gasteiger partial charge < -0.3 is 11.5 Å². The molecule has 1 aromatic heterocycles. The molecule has 1 aromatic carbocycles.